The Labute approximate surface area is 79.0 Å². The molecule has 0 saturated heterocycles. The van der Waals surface area contributed by atoms with Gasteiger partial charge in [0.25, 0.3) is 0 Å². The van der Waals surface area contributed by atoms with E-state index < -0.39 is 16.1 Å². The molecule has 0 amide bonds. The normalized spacial score (nSPS) is 14.1. The van der Waals surface area contributed by atoms with E-state index in [2.05, 4.69) is 4.74 Å². The lowest BCUT2D eigenvalue weighted by Gasteiger charge is -2.18. The highest BCUT2D eigenvalue weighted by molar-refractivity contribution is 7.89. The molecule has 0 spiro atoms. The van der Waals surface area contributed by atoms with Crippen molar-refractivity contribution in [2.75, 3.05) is 26.5 Å². The first-order chi connectivity index (χ1) is 5.95. The topological polar surface area (TPSA) is 70.4 Å². The van der Waals surface area contributed by atoms with Crippen molar-refractivity contribution in [3.8, 4) is 6.07 Å². The van der Waals surface area contributed by atoms with Crippen molar-refractivity contribution in [3.05, 3.63) is 0 Å². The molecule has 5 nitrogen and oxygen atoms in total. The summed E-state index contributed by atoms with van der Waals surface area (Å²) in [7, 11) is -0.526. The molecule has 0 saturated carbocycles. The van der Waals surface area contributed by atoms with Gasteiger partial charge in [0.1, 0.15) is 6.04 Å². The molecular formula is C7H14N2O3S. The molecule has 0 rings (SSSR count). The van der Waals surface area contributed by atoms with E-state index in [0.29, 0.717) is 0 Å². The number of hydrogen-bond donors (Lipinski definition) is 0. The number of nitrogens with zero attached hydrogens (tertiary/aromatic N) is 2. The predicted molar refractivity (Wildman–Crippen MR) is 48.5 cm³/mol. The van der Waals surface area contributed by atoms with Gasteiger partial charge in [0, 0.05) is 14.2 Å². The highest BCUT2D eigenvalue weighted by Gasteiger charge is 2.22. The molecule has 6 heteroatoms. The average Bonchev–Trinajstić information content (AvgIpc) is 2.12. The molecule has 0 radical (unpaired) electrons. The lowest BCUT2D eigenvalue weighted by Crippen LogP contribution is -2.36. The second kappa shape index (κ2) is 5.17. The van der Waals surface area contributed by atoms with Crippen LogP contribution in [0.4, 0.5) is 0 Å². The summed E-state index contributed by atoms with van der Waals surface area (Å²) in [5.74, 6) is -0.0913. The smallest absolute Gasteiger partial charge is 0.217 e. The molecular weight excluding hydrogens is 192 g/mol. The van der Waals surface area contributed by atoms with Crippen LogP contribution in [0.3, 0.4) is 0 Å². The van der Waals surface area contributed by atoms with Gasteiger partial charge in [-0.2, -0.15) is 9.57 Å². The molecule has 0 aliphatic rings. The first kappa shape index (κ1) is 12.4. The Kier molecular flexibility index (Phi) is 4.91. The van der Waals surface area contributed by atoms with Crippen molar-refractivity contribution in [1.82, 2.24) is 4.31 Å². The fourth-order valence-electron chi connectivity index (χ4n) is 0.655. The van der Waals surface area contributed by atoms with Crippen molar-refractivity contribution < 1.29 is 13.2 Å². The zero-order valence-electron chi connectivity index (χ0n) is 8.02. The van der Waals surface area contributed by atoms with Crippen LogP contribution in [0.5, 0.6) is 0 Å². The molecule has 0 heterocycles. The molecule has 0 aliphatic heterocycles. The van der Waals surface area contributed by atoms with Crippen molar-refractivity contribution >= 4 is 10.0 Å². The molecule has 0 aromatic rings. The number of ether oxygens (including phenoxy) is 1. The summed E-state index contributed by atoms with van der Waals surface area (Å²) in [4.78, 5) is 0. The summed E-state index contributed by atoms with van der Waals surface area (Å²) in [5.41, 5.74) is 0. The van der Waals surface area contributed by atoms with Crippen LogP contribution in [0.25, 0.3) is 0 Å². The Morgan fingerprint density at radius 2 is 2.15 bits per heavy atom. The molecule has 0 fully saturated rings. The van der Waals surface area contributed by atoms with Gasteiger partial charge in [-0.15, -0.1) is 0 Å². The van der Waals surface area contributed by atoms with Crippen molar-refractivity contribution in [2.24, 2.45) is 0 Å². The molecule has 76 valence electrons. The van der Waals surface area contributed by atoms with Gasteiger partial charge >= 0.3 is 0 Å². The van der Waals surface area contributed by atoms with Gasteiger partial charge in [-0.1, -0.05) is 0 Å². The molecule has 1 unspecified atom stereocenters. The van der Waals surface area contributed by atoms with Gasteiger partial charge in [0.05, 0.1) is 18.4 Å². The molecule has 0 aromatic heterocycles. The number of hydrogen-bond acceptors (Lipinski definition) is 4. The molecule has 13 heavy (non-hydrogen) atoms. The van der Waals surface area contributed by atoms with E-state index in [1.165, 1.54) is 21.1 Å². The Balaban J connectivity index is 4.39. The lowest BCUT2D eigenvalue weighted by molar-refractivity contribution is 0.215. The quantitative estimate of drug-likeness (QED) is 0.625. The minimum atomic E-state index is -3.35. The Morgan fingerprint density at radius 1 is 1.62 bits per heavy atom. The van der Waals surface area contributed by atoms with Gasteiger partial charge in [-0.05, 0) is 6.92 Å². The van der Waals surface area contributed by atoms with Crippen LogP contribution in [0.1, 0.15) is 6.92 Å². The maximum absolute atomic E-state index is 11.4. The summed E-state index contributed by atoms with van der Waals surface area (Å²) >= 11 is 0. The monoisotopic (exact) mass is 206 g/mol. The Bertz CT molecular complexity index is 281. The van der Waals surface area contributed by atoms with E-state index >= 15 is 0 Å². The van der Waals surface area contributed by atoms with Gasteiger partial charge in [-0.3, -0.25) is 0 Å². The Morgan fingerprint density at radius 3 is 2.54 bits per heavy atom. The maximum atomic E-state index is 11.4. The van der Waals surface area contributed by atoms with Crippen LogP contribution in [0, 0.1) is 11.3 Å². The van der Waals surface area contributed by atoms with E-state index in [1.54, 1.807) is 0 Å². The fourth-order valence-corrected chi connectivity index (χ4v) is 1.85. The van der Waals surface area contributed by atoms with Crippen molar-refractivity contribution in [1.29, 1.82) is 5.26 Å². The third kappa shape index (κ3) is 3.72. The summed E-state index contributed by atoms with van der Waals surface area (Å²) < 4.78 is 28.5. The SMILES string of the molecule is COCCS(=O)(=O)N(C)C(C)C#N. The lowest BCUT2D eigenvalue weighted by atomic mass is 10.4. The van der Waals surface area contributed by atoms with Crippen molar-refractivity contribution in [3.63, 3.8) is 0 Å². The number of rotatable bonds is 5. The number of nitriles is 1. The molecule has 1 atom stereocenters. The molecule has 0 aromatic carbocycles. The maximum Gasteiger partial charge on any atom is 0.217 e. The minimum Gasteiger partial charge on any atom is -0.384 e. The first-order valence-corrected chi connectivity index (χ1v) is 5.41. The summed E-state index contributed by atoms with van der Waals surface area (Å²) in [6.45, 7) is 1.68. The van der Waals surface area contributed by atoms with Gasteiger partial charge in [0.2, 0.25) is 10.0 Å². The van der Waals surface area contributed by atoms with Crippen LogP contribution in [-0.2, 0) is 14.8 Å². The minimum absolute atomic E-state index is 0.0913. The van der Waals surface area contributed by atoms with Crippen LogP contribution in [-0.4, -0.2) is 45.3 Å². The van der Waals surface area contributed by atoms with Gasteiger partial charge in [0.15, 0.2) is 0 Å². The largest absolute Gasteiger partial charge is 0.384 e. The third-order valence-electron chi connectivity index (χ3n) is 1.72. The number of sulfonamides is 1. The molecule has 0 bridgehead atoms. The summed E-state index contributed by atoms with van der Waals surface area (Å²) in [5, 5.41) is 8.51. The van der Waals surface area contributed by atoms with Crippen LogP contribution < -0.4 is 0 Å². The zero-order chi connectivity index (χ0) is 10.5. The van der Waals surface area contributed by atoms with Crippen LogP contribution in [0.2, 0.25) is 0 Å². The van der Waals surface area contributed by atoms with E-state index in [1.807, 2.05) is 6.07 Å². The summed E-state index contributed by atoms with van der Waals surface area (Å²) in [6.07, 6.45) is 0. The van der Waals surface area contributed by atoms with Crippen LogP contribution >= 0.6 is 0 Å². The predicted octanol–water partition coefficient (Wildman–Crippen LogP) is -0.194. The Hall–Kier alpha value is -0.640. The standard InChI is InChI=1S/C7H14N2O3S/c1-7(6-8)9(2)13(10,11)5-4-12-3/h7H,4-5H2,1-3H3. The average molecular weight is 206 g/mol. The van der Waals surface area contributed by atoms with E-state index in [4.69, 9.17) is 5.26 Å². The van der Waals surface area contributed by atoms with E-state index in [9.17, 15) is 8.42 Å². The summed E-state index contributed by atoms with van der Waals surface area (Å²) in [6, 6.07) is 1.22. The second-order valence-corrected chi connectivity index (χ2v) is 4.78. The van der Waals surface area contributed by atoms with Gasteiger partial charge in [-0.25, -0.2) is 8.42 Å². The molecule has 0 aliphatic carbocycles. The molecule has 0 N–H and O–H groups in total. The second-order valence-electron chi connectivity index (χ2n) is 2.63. The van der Waals surface area contributed by atoms with Crippen LogP contribution in [0.15, 0.2) is 0 Å². The van der Waals surface area contributed by atoms with E-state index in [-0.39, 0.29) is 12.4 Å². The van der Waals surface area contributed by atoms with Gasteiger partial charge < -0.3 is 4.74 Å². The fraction of sp³-hybridized carbons (Fsp3) is 0.857. The zero-order valence-corrected chi connectivity index (χ0v) is 8.84. The van der Waals surface area contributed by atoms with E-state index in [0.717, 1.165) is 4.31 Å². The third-order valence-corrected chi connectivity index (χ3v) is 3.59. The van der Waals surface area contributed by atoms with Crippen molar-refractivity contribution in [2.45, 2.75) is 13.0 Å². The highest BCUT2D eigenvalue weighted by Crippen LogP contribution is 2.03. The number of methoxy groups -OCH3 is 1. The first-order valence-electron chi connectivity index (χ1n) is 3.80. The highest BCUT2D eigenvalue weighted by atomic mass is 32.2.